The monoisotopic (exact) mass is 252 g/mol. The first-order chi connectivity index (χ1) is 8.03. The van der Waals surface area contributed by atoms with E-state index in [1.165, 1.54) is 25.4 Å². The molecule has 0 radical (unpaired) electrons. The quantitative estimate of drug-likeness (QED) is 0.845. The van der Waals surface area contributed by atoms with E-state index in [-0.39, 0.29) is 10.7 Å². The first-order valence-corrected chi connectivity index (χ1v) is 6.30. The van der Waals surface area contributed by atoms with Crippen LogP contribution < -0.4 is 10.0 Å². The van der Waals surface area contributed by atoms with Crippen LogP contribution in [0.1, 0.15) is 0 Å². The van der Waals surface area contributed by atoms with Crippen molar-refractivity contribution in [2.45, 2.75) is 4.90 Å². The van der Waals surface area contributed by atoms with Gasteiger partial charge in [-0.05, 0) is 24.3 Å². The number of aromatic amines is 1. The summed E-state index contributed by atoms with van der Waals surface area (Å²) in [6.07, 6.45) is 3.09. The molecule has 2 heterocycles. The van der Waals surface area contributed by atoms with Crippen LogP contribution >= 0.6 is 0 Å². The predicted octanol–water partition coefficient (Wildman–Crippen LogP) is 0.817. The third kappa shape index (κ3) is 1.96. The number of anilines is 2. The molecule has 7 heteroatoms. The van der Waals surface area contributed by atoms with Crippen molar-refractivity contribution < 1.29 is 8.42 Å². The highest BCUT2D eigenvalue weighted by molar-refractivity contribution is 7.93. The zero-order chi connectivity index (χ0) is 12.5. The van der Waals surface area contributed by atoms with E-state index in [1.807, 2.05) is 0 Å². The molecule has 0 aliphatic heterocycles. The van der Waals surface area contributed by atoms with Gasteiger partial charge in [0, 0.05) is 19.4 Å². The van der Waals surface area contributed by atoms with E-state index in [0.29, 0.717) is 5.82 Å². The van der Waals surface area contributed by atoms with Crippen LogP contribution in [0, 0.1) is 0 Å². The van der Waals surface area contributed by atoms with E-state index in [4.69, 9.17) is 5.73 Å². The fourth-order valence-electron chi connectivity index (χ4n) is 1.41. The first kappa shape index (κ1) is 11.5. The van der Waals surface area contributed by atoms with Gasteiger partial charge in [-0.3, -0.25) is 4.31 Å². The number of nitrogens with zero attached hydrogens (tertiary/aromatic N) is 2. The summed E-state index contributed by atoms with van der Waals surface area (Å²) in [5, 5.41) is 0. The SMILES string of the molecule is CN(c1ccc[nH]1)S(=O)(=O)c1cccnc1N. The average molecular weight is 252 g/mol. The molecule has 0 saturated heterocycles. The minimum atomic E-state index is -3.68. The summed E-state index contributed by atoms with van der Waals surface area (Å²) >= 11 is 0. The third-order valence-corrected chi connectivity index (χ3v) is 4.18. The van der Waals surface area contributed by atoms with Crippen LogP contribution in [0.5, 0.6) is 0 Å². The van der Waals surface area contributed by atoms with Gasteiger partial charge in [0.1, 0.15) is 16.5 Å². The van der Waals surface area contributed by atoms with E-state index in [1.54, 1.807) is 18.3 Å². The Morgan fingerprint density at radius 1 is 1.35 bits per heavy atom. The number of hydrogen-bond donors (Lipinski definition) is 2. The first-order valence-electron chi connectivity index (χ1n) is 4.86. The van der Waals surface area contributed by atoms with E-state index in [9.17, 15) is 8.42 Å². The van der Waals surface area contributed by atoms with Crippen molar-refractivity contribution in [3.05, 3.63) is 36.7 Å². The predicted molar refractivity (Wildman–Crippen MR) is 65.0 cm³/mol. The molecule has 0 fully saturated rings. The number of sulfonamides is 1. The molecule has 0 unspecified atom stereocenters. The number of H-pyrrole nitrogens is 1. The number of nitrogens with one attached hydrogen (secondary N) is 1. The second-order valence-corrected chi connectivity index (χ2v) is 5.35. The molecular formula is C10H12N4O2S. The van der Waals surface area contributed by atoms with Gasteiger partial charge < -0.3 is 10.7 Å². The Labute approximate surface area is 99.1 Å². The van der Waals surface area contributed by atoms with Gasteiger partial charge in [0.15, 0.2) is 0 Å². The minimum absolute atomic E-state index is 0.00269. The number of aromatic nitrogens is 2. The molecule has 6 nitrogen and oxygen atoms in total. The van der Waals surface area contributed by atoms with Gasteiger partial charge in [-0.15, -0.1) is 0 Å². The molecule has 2 aromatic heterocycles. The zero-order valence-corrected chi connectivity index (χ0v) is 9.98. The fourth-order valence-corrected chi connectivity index (χ4v) is 2.65. The summed E-state index contributed by atoms with van der Waals surface area (Å²) in [7, 11) is -2.23. The van der Waals surface area contributed by atoms with E-state index >= 15 is 0 Å². The standard InChI is InChI=1S/C10H12N4O2S/c1-14(9-5-3-6-12-9)17(15,16)8-4-2-7-13-10(8)11/h2-7,12H,1H3,(H2,11,13). The smallest absolute Gasteiger partial charge is 0.268 e. The molecule has 2 aromatic rings. The van der Waals surface area contributed by atoms with Crippen molar-refractivity contribution in [3.8, 4) is 0 Å². The molecule has 0 spiro atoms. The lowest BCUT2D eigenvalue weighted by atomic mass is 10.5. The maximum Gasteiger partial charge on any atom is 0.268 e. The zero-order valence-electron chi connectivity index (χ0n) is 9.16. The molecule has 0 amide bonds. The van der Waals surface area contributed by atoms with Crippen molar-refractivity contribution >= 4 is 21.7 Å². The van der Waals surface area contributed by atoms with Crippen LogP contribution in [-0.4, -0.2) is 25.4 Å². The van der Waals surface area contributed by atoms with Gasteiger partial charge in [-0.2, -0.15) is 0 Å². The Morgan fingerprint density at radius 3 is 2.71 bits per heavy atom. The van der Waals surface area contributed by atoms with Crippen molar-refractivity contribution in [3.63, 3.8) is 0 Å². The molecule has 0 bridgehead atoms. The number of rotatable bonds is 3. The van der Waals surface area contributed by atoms with Crippen LogP contribution in [0.2, 0.25) is 0 Å². The maximum atomic E-state index is 12.2. The molecule has 0 aliphatic rings. The lowest BCUT2D eigenvalue weighted by Crippen LogP contribution is -2.27. The second kappa shape index (κ2) is 4.10. The topological polar surface area (TPSA) is 92.1 Å². The highest BCUT2D eigenvalue weighted by atomic mass is 32.2. The average Bonchev–Trinajstić information content (AvgIpc) is 2.81. The Balaban J connectivity index is 2.48. The Morgan fingerprint density at radius 2 is 2.12 bits per heavy atom. The molecule has 0 saturated carbocycles. The molecular weight excluding hydrogens is 240 g/mol. The highest BCUT2D eigenvalue weighted by Crippen LogP contribution is 2.22. The molecule has 2 rings (SSSR count). The fraction of sp³-hybridized carbons (Fsp3) is 0.100. The number of pyridine rings is 1. The Bertz CT molecular complexity index is 607. The highest BCUT2D eigenvalue weighted by Gasteiger charge is 2.24. The summed E-state index contributed by atoms with van der Waals surface area (Å²) in [5.74, 6) is 0.458. The van der Waals surface area contributed by atoms with Crippen LogP contribution in [-0.2, 0) is 10.0 Å². The maximum absolute atomic E-state index is 12.2. The van der Waals surface area contributed by atoms with Crippen LogP contribution in [0.3, 0.4) is 0 Å². The van der Waals surface area contributed by atoms with Gasteiger partial charge >= 0.3 is 0 Å². The summed E-state index contributed by atoms with van der Waals surface area (Å²) in [5.41, 5.74) is 5.57. The van der Waals surface area contributed by atoms with Crippen LogP contribution in [0.25, 0.3) is 0 Å². The van der Waals surface area contributed by atoms with Crippen LogP contribution in [0.4, 0.5) is 11.6 Å². The summed E-state index contributed by atoms with van der Waals surface area (Å²) in [6, 6.07) is 6.33. The van der Waals surface area contributed by atoms with Crippen LogP contribution in [0.15, 0.2) is 41.6 Å². The van der Waals surface area contributed by atoms with Crippen molar-refractivity contribution in [1.82, 2.24) is 9.97 Å². The van der Waals surface area contributed by atoms with Gasteiger partial charge in [0.2, 0.25) is 0 Å². The third-order valence-electron chi connectivity index (χ3n) is 2.36. The lowest BCUT2D eigenvalue weighted by molar-refractivity contribution is 0.594. The minimum Gasteiger partial charge on any atom is -0.383 e. The molecule has 17 heavy (non-hydrogen) atoms. The summed E-state index contributed by atoms with van der Waals surface area (Å²) < 4.78 is 25.6. The van der Waals surface area contributed by atoms with Gasteiger partial charge in [0.05, 0.1) is 0 Å². The normalized spacial score (nSPS) is 11.4. The Kier molecular flexibility index (Phi) is 2.76. The largest absolute Gasteiger partial charge is 0.383 e. The number of nitrogens with two attached hydrogens (primary N) is 1. The Hall–Kier alpha value is -2.02. The summed E-state index contributed by atoms with van der Waals surface area (Å²) in [4.78, 5) is 6.59. The molecule has 0 atom stereocenters. The summed E-state index contributed by atoms with van der Waals surface area (Å²) in [6.45, 7) is 0. The number of nitrogen functional groups attached to an aromatic ring is 1. The van der Waals surface area contributed by atoms with Gasteiger partial charge in [-0.1, -0.05) is 0 Å². The van der Waals surface area contributed by atoms with E-state index in [0.717, 1.165) is 4.31 Å². The van der Waals surface area contributed by atoms with Crippen molar-refractivity contribution in [1.29, 1.82) is 0 Å². The molecule has 90 valence electrons. The molecule has 3 N–H and O–H groups in total. The van der Waals surface area contributed by atoms with Gasteiger partial charge in [0.25, 0.3) is 10.0 Å². The second-order valence-electron chi connectivity index (χ2n) is 3.41. The van der Waals surface area contributed by atoms with Crippen molar-refractivity contribution in [2.24, 2.45) is 0 Å². The van der Waals surface area contributed by atoms with Crippen molar-refractivity contribution in [2.75, 3.05) is 17.1 Å². The van der Waals surface area contributed by atoms with E-state index < -0.39 is 10.0 Å². The lowest BCUT2D eigenvalue weighted by Gasteiger charge is -2.18. The number of hydrogen-bond acceptors (Lipinski definition) is 4. The molecule has 0 aliphatic carbocycles. The van der Waals surface area contributed by atoms with E-state index in [2.05, 4.69) is 9.97 Å². The van der Waals surface area contributed by atoms with Gasteiger partial charge in [-0.25, -0.2) is 13.4 Å². The molecule has 0 aromatic carbocycles.